The van der Waals surface area contributed by atoms with Crippen molar-refractivity contribution in [2.45, 2.75) is 17.2 Å². The van der Waals surface area contributed by atoms with Gasteiger partial charge in [-0.15, -0.1) is 0 Å². The van der Waals surface area contributed by atoms with Gasteiger partial charge in [0.25, 0.3) is 0 Å². The predicted molar refractivity (Wildman–Crippen MR) is 32.2 cm³/mol. The zero-order valence-corrected chi connectivity index (χ0v) is 4.70. The van der Waals surface area contributed by atoms with Crippen LogP contribution in [-0.4, -0.2) is 28.5 Å². The van der Waals surface area contributed by atoms with E-state index < -0.39 is 5.60 Å². The molecule has 3 heteroatoms. The van der Waals surface area contributed by atoms with Crippen LogP contribution in [0.1, 0.15) is 0 Å². The molecule has 3 rings (SSSR count). The van der Waals surface area contributed by atoms with Crippen LogP contribution in [0.5, 0.6) is 0 Å². The van der Waals surface area contributed by atoms with Crippen molar-refractivity contribution in [3.05, 3.63) is 12.3 Å². The van der Waals surface area contributed by atoms with Gasteiger partial charge in [-0.3, -0.25) is 10.3 Å². The number of aliphatic imine (C=N–C) groups is 1. The van der Waals surface area contributed by atoms with Crippen molar-refractivity contribution in [3.8, 4) is 0 Å². The molecule has 46 valence electrons. The van der Waals surface area contributed by atoms with Crippen LogP contribution >= 0.6 is 0 Å². The number of nitrogens with one attached hydrogen (secondary N) is 1. The lowest BCUT2D eigenvalue weighted by Crippen LogP contribution is -2.39. The fourth-order valence-corrected chi connectivity index (χ4v) is 1.63. The van der Waals surface area contributed by atoms with Crippen molar-refractivity contribution in [2.75, 3.05) is 0 Å². The molecule has 0 radical (unpaired) electrons. The second-order valence-electron chi connectivity index (χ2n) is 2.87. The summed E-state index contributed by atoms with van der Waals surface area (Å²) in [5.74, 6) is 0. The second-order valence-corrected chi connectivity index (χ2v) is 2.87. The van der Waals surface area contributed by atoms with Gasteiger partial charge < -0.3 is 5.11 Å². The summed E-state index contributed by atoms with van der Waals surface area (Å²) in [7, 11) is 0. The Morgan fingerprint density at radius 1 is 1.67 bits per heavy atom. The molecule has 0 amide bonds. The van der Waals surface area contributed by atoms with E-state index in [4.69, 9.17) is 0 Å². The molecule has 0 bridgehead atoms. The summed E-state index contributed by atoms with van der Waals surface area (Å²) in [6.45, 7) is 0. The van der Waals surface area contributed by atoms with E-state index in [1.54, 1.807) is 12.4 Å². The van der Waals surface area contributed by atoms with Gasteiger partial charge in [-0.1, -0.05) is 0 Å². The highest BCUT2D eigenvalue weighted by molar-refractivity contribution is 5.89. The molecular weight excluding hydrogens is 116 g/mol. The van der Waals surface area contributed by atoms with E-state index in [1.807, 2.05) is 6.08 Å². The smallest absolute Gasteiger partial charge is 0.140 e. The molecule has 0 aromatic carbocycles. The highest BCUT2D eigenvalue weighted by atomic mass is 16.3. The highest BCUT2D eigenvalue weighted by Gasteiger charge is 2.89. The van der Waals surface area contributed by atoms with Crippen LogP contribution in [0.4, 0.5) is 0 Å². The first kappa shape index (κ1) is 4.19. The summed E-state index contributed by atoms with van der Waals surface area (Å²) in [6, 6.07) is 0.271. The van der Waals surface area contributed by atoms with E-state index in [0.717, 1.165) is 0 Å². The fourth-order valence-electron chi connectivity index (χ4n) is 1.63. The van der Waals surface area contributed by atoms with Gasteiger partial charge in [-0.25, -0.2) is 0 Å². The zero-order chi connectivity index (χ0) is 6.11. The van der Waals surface area contributed by atoms with Crippen LogP contribution in [0.25, 0.3) is 0 Å². The Morgan fingerprint density at radius 2 is 2.56 bits per heavy atom. The molecular formula is C6H6N2O. The maximum atomic E-state index is 9.49. The van der Waals surface area contributed by atoms with Crippen molar-refractivity contribution in [1.29, 1.82) is 0 Å². The Labute approximate surface area is 52.1 Å². The summed E-state index contributed by atoms with van der Waals surface area (Å²) in [4.78, 5) is 3.85. The number of hydrogen-bond acceptors (Lipinski definition) is 3. The Kier molecular flexibility index (Phi) is 0.366. The standard InChI is InChI=1S/C6H6N2O/c9-6-3-7-2-1-5(6)4(6)8-5/h1-4,8-9H. The number of aliphatic hydroxyl groups is 1. The molecule has 3 nitrogen and oxygen atoms in total. The second kappa shape index (κ2) is 0.786. The average Bonchev–Trinajstić information content (AvgIpc) is 2.64. The summed E-state index contributed by atoms with van der Waals surface area (Å²) in [5, 5.41) is 12.6. The van der Waals surface area contributed by atoms with Crippen molar-refractivity contribution in [2.24, 2.45) is 4.99 Å². The van der Waals surface area contributed by atoms with Crippen molar-refractivity contribution >= 4 is 6.21 Å². The molecule has 3 unspecified atom stereocenters. The molecule has 2 N–H and O–H groups in total. The number of hydrogen-bond donors (Lipinski definition) is 2. The van der Waals surface area contributed by atoms with Crippen molar-refractivity contribution < 1.29 is 5.11 Å². The average molecular weight is 122 g/mol. The van der Waals surface area contributed by atoms with Crippen molar-refractivity contribution in [3.63, 3.8) is 0 Å². The van der Waals surface area contributed by atoms with Crippen LogP contribution < -0.4 is 5.32 Å². The van der Waals surface area contributed by atoms with E-state index in [1.165, 1.54) is 0 Å². The molecule has 2 aliphatic heterocycles. The maximum Gasteiger partial charge on any atom is 0.140 e. The van der Waals surface area contributed by atoms with Crippen LogP contribution in [0.15, 0.2) is 17.3 Å². The van der Waals surface area contributed by atoms with Gasteiger partial charge >= 0.3 is 0 Å². The Bertz CT molecular complexity index is 229. The minimum atomic E-state index is -0.609. The lowest BCUT2D eigenvalue weighted by atomic mass is 10.1. The third kappa shape index (κ3) is 0.226. The molecule has 3 aliphatic rings. The van der Waals surface area contributed by atoms with E-state index in [9.17, 15) is 5.11 Å². The first-order valence-corrected chi connectivity index (χ1v) is 3.02. The molecule has 2 heterocycles. The first-order valence-electron chi connectivity index (χ1n) is 3.02. The highest BCUT2D eigenvalue weighted by Crippen LogP contribution is 2.61. The van der Waals surface area contributed by atoms with E-state index in [2.05, 4.69) is 10.3 Å². The SMILES string of the molecule is OC12C=NC=CC13NC23. The largest absolute Gasteiger partial charge is 0.380 e. The minimum absolute atomic E-state index is 0.0747. The van der Waals surface area contributed by atoms with Crippen LogP contribution in [-0.2, 0) is 0 Å². The lowest BCUT2D eigenvalue weighted by Gasteiger charge is -2.15. The first-order chi connectivity index (χ1) is 4.30. The molecule has 0 aromatic rings. The van der Waals surface area contributed by atoms with Gasteiger partial charge in [0, 0.05) is 12.4 Å². The van der Waals surface area contributed by atoms with E-state index in [-0.39, 0.29) is 11.6 Å². The third-order valence-electron chi connectivity index (χ3n) is 2.47. The van der Waals surface area contributed by atoms with Crippen molar-refractivity contribution in [1.82, 2.24) is 5.32 Å². The van der Waals surface area contributed by atoms with Gasteiger partial charge in [0.05, 0.1) is 11.6 Å². The minimum Gasteiger partial charge on any atom is -0.380 e. The van der Waals surface area contributed by atoms with Gasteiger partial charge in [0.1, 0.15) is 5.60 Å². The van der Waals surface area contributed by atoms with E-state index >= 15 is 0 Å². The van der Waals surface area contributed by atoms with Gasteiger partial charge in [-0.05, 0) is 6.08 Å². The topological polar surface area (TPSA) is 54.5 Å². The molecule has 1 saturated heterocycles. The Morgan fingerprint density at radius 3 is 3.00 bits per heavy atom. The van der Waals surface area contributed by atoms with Gasteiger partial charge in [-0.2, -0.15) is 0 Å². The summed E-state index contributed by atoms with van der Waals surface area (Å²) >= 11 is 0. The number of fused-ring (bicyclic) bond motifs is 1. The molecule has 0 aromatic heterocycles. The molecule has 3 atom stereocenters. The lowest BCUT2D eigenvalue weighted by molar-refractivity contribution is 0.163. The Hall–Kier alpha value is -0.670. The molecule has 1 spiro atoms. The van der Waals surface area contributed by atoms with Crippen LogP contribution in [0.2, 0.25) is 0 Å². The molecule has 9 heavy (non-hydrogen) atoms. The normalized spacial score (nSPS) is 64.8. The number of rotatable bonds is 0. The summed E-state index contributed by atoms with van der Waals surface area (Å²) in [6.07, 6.45) is 5.28. The predicted octanol–water partition coefficient (Wildman–Crippen LogP) is -0.960. The van der Waals surface area contributed by atoms with Crippen LogP contribution in [0.3, 0.4) is 0 Å². The number of nitrogens with zero attached hydrogens (tertiary/aromatic N) is 1. The third-order valence-corrected chi connectivity index (χ3v) is 2.47. The van der Waals surface area contributed by atoms with E-state index in [0.29, 0.717) is 0 Å². The summed E-state index contributed by atoms with van der Waals surface area (Å²) in [5.41, 5.74) is -0.684. The molecule has 2 fully saturated rings. The molecule has 1 saturated carbocycles. The fraction of sp³-hybridized carbons (Fsp3) is 0.500. The van der Waals surface area contributed by atoms with Gasteiger partial charge in [0.2, 0.25) is 0 Å². The monoisotopic (exact) mass is 122 g/mol. The zero-order valence-electron chi connectivity index (χ0n) is 4.70. The maximum absolute atomic E-state index is 9.49. The summed E-state index contributed by atoms with van der Waals surface area (Å²) < 4.78 is 0. The van der Waals surface area contributed by atoms with Crippen LogP contribution in [0, 0.1) is 0 Å². The quantitative estimate of drug-likeness (QED) is 0.406. The Balaban J connectivity index is 2.17. The van der Waals surface area contributed by atoms with Gasteiger partial charge in [0.15, 0.2) is 0 Å². The molecule has 1 aliphatic carbocycles.